The van der Waals surface area contributed by atoms with Crippen LogP contribution in [0.25, 0.3) is 10.8 Å². The van der Waals surface area contributed by atoms with Crippen LogP contribution in [0, 0.1) is 29.6 Å². The third-order valence-electron chi connectivity index (χ3n) is 15.5. The molecule has 2 bridgehead atoms. The summed E-state index contributed by atoms with van der Waals surface area (Å²) in [5.41, 5.74) is 2.42. The Morgan fingerprint density at radius 3 is 2.28 bits per heavy atom. The Kier molecular flexibility index (Phi) is 19.3. The Balaban J connectivity index is 1.26. The van der Waals surface area contributed by atoms with Crippen molar-refractivity contribution in [1.29, 1.82) is 0 Å². The van der Waals surface area contributed by atoms with Crippen LogP contribution >= 0.6 is 0 Å². The minimum Gasteiger partial charge on any atom is -0.456 e. The van der Waals surface area contributed by atoms with Crippen molar-refractivity contribution in [3.63, 3.8) is 0 Å². The van der Waals surface area contributed by atoms with E-state index in [0.717, 1.165) is 21.9 Å². The van der Waals surface area contributed by atoms with Crippen molar-refractivity contribution in [1.82, 2.24) is 4.90 Å². The topological polar surface area (TPSA) is 188 Å². The highest BCUT2D eigenvalue weighted by molar-refractivity contribution is 6.39. The van der Waals surface area contributed by atoms with Crippen molar-refractivity contribution in [2.24, 2.45) is 29.6 Å². The molecule has 3 aliphatic heterocycles. The van der Waals surface area contributed by atoms with Gasteiger partial charge in [0, 0.05) is 52.0 Å². The van der Waals surface area contributed by atoms with Gasteiger partial charge in [-0.15, -0.1) is 0 Å². The number of fused-ring (bicyclic) bond motifs is 4. The van der Waals surface area contributed by atoms with E-state index in [1.165, 1.54) is 19.1 Å². The predicted molar refractivity (Wildman–Crippen MR) is 261 cm³/mol. The van der Waals surface area contributed by atoms with Crippen LogP contribution in [0.2, 0.25) is 0 Å². The average molecular weight is 962 g/mol. The van der Waals surface area contributed by atoms with Crippen molar-refractivity contribution in [3.05, 3.63) is 71.3 Å². The smallest absolute Gasteiger partial charge is 0.329 e. The molecule has 3 heterocycles. The summed E-state index contributed by atoms with van der Waals surface area (Å²) >= 11 is 0. The fourth-order valence-corrected chi connectivity index (χ4v) is 11.3. The molecule has 0 radical (unpaired) electrons. The van der Waals surface area contributed by atoms with E-state index in [4.69, 9.17) is 28.4 Å². The van der Waals surface area contributed by atoms with Gasteiger partial charge in [0.25, 0.3) is 11.7 Å². The highest BCUT2D eigenvalue weighted by Gasteiger charge is 2.56. The number of ether oxygens (including phenoxy) is 6. The summed E-state index contributed by atoms with van der Waals surface area (Å²) < 4.78 is 36.7. The second-order valence-electron chi connectivity index (χ2n) is 20.6. The number of carbonyl (C=O) groups is 4. The maximum atomic E-state index is 14.6. The molecule has 4 aliphatic rings. The Morgan fingerprint density at radius 2 is 1.58 bits per heavy atom. The number of carbonyl (C=O) groups excluding carboxylic acids is 4. The van der Waals surface area contributed by atoms with Crippen LogP contribution in [0.1, 0.15) is 124 Å². The number of nitrogens with zero attached hydrogens (tertiary/aromatic N) is 1. The third-order valence-corrected chi connectivity index (χ3v) is 15.5. The van der Waals surface area contributed by atoms with Crippen LogP contribution in [-0.4, -0.2) is 133 Å². The molecule has 0 aromatic heterocycles. The zero-order valence-corrected chi connectivity index (χ0v) is 42.3. The molecule has 3 fully saturated rings. The largest absolute Gasteiger partial charge is 0.456 e. The zero-order valence-electron chi connectivity index (χ0n) is 42.3. The van der Waals surface area contributed by atoms with Crippen molar-refractivity contribution in [2.45, 2.75) is 173 Å². The zero-order chi connectivity index (χ0) is 50.2. The lowest BCUT2D eigenvalue weighted by Gasteiger charge is -2.47. The van der Waals surface area contributed by atoms with E-state index in [2.05, 4.69) is 6.92 Å². The summed E-state index contributed by atoms with van der Waals surface area (Å²) in [5, 5.41) is 37.3. The molecule has 2 aromatic rings. The first kappa shape index (κ1) is 54.5. The van der Waals surface area contributed by atoms with Crippen LogP contribution in [-0.2, 0) is 47.6 Å². The minimum absolute atomic E-state index is 0.0212. The lowest BCUT2D eigenvalue weighted by Crippen LogP contribution is -2.64. The first-order chi connectivity index (χ1) is 32.9. The number of methoxy groups -OCH3 is 3. The van der Waals surface area contributed by atoms with Gasteiger partial charge in [0.15, 0.2) is 0 Å². The number of rotatable bonds is 10. The highest BCUT2D eigenvalue weighted by atomic mass is 16.7. The molecule has 2 saturated heterocycles. The van der Waals surface area contributed by atoms with Gasteiger partial charge in [0.1, 0.15) is 30.1 Å². The number of hydrogen-bond donors (Lipinski definition) is 3. The first-order valence-corrected chi connectivity index (χ1v) is 25.3. The van der Waals surface area contributed by atoms with Crippen LogP contribution in [0.3, 0.4) is 0 Å². The Hall–Kier alpha value is -3.86. The molecule has 1 unspecified atom stereocenters. The molecule has 15 atom stereocenters. The second-order valence-corrected chi connectivity index (χ2v) is 20.6. The van der Waals surface area contributed by atoms with Crippen LogP contribution in [0.5, 0.6) is 0 Å². The van der Waals surface area contributed by atoms with E-state index in [0.29, 0.717) is 56.9 Å². The predicted octanol–water partition coefficient (Wildman–Crippen LogP) is 7.38. The molecule has 6 rings (SSSR count). The van der Waals surface area contributed by atoms with Crippen molar-refractivity contribution in [2.75, 3.05) is 34.5 Å². The number of cyclic esters (lactones) is 1. The maximum absolute atomic E-state index is 14.6. The molecule has 1 aliphatic carbocycles. The molecule has 1 amide bonds. The van der Waals surface area contributed by atoms with Gasteiger partial charge >= 0.3 is 5.97 Å². The van der Waals surface area contributed by atoms with Gasteiger partial charge in [-0.2, -0.15) is 0 Å². The van der Waals surface area contributed by atoms with E-state index in [1.54, 1.807) is 21.0 Å². The van der Waals surface area contributed by atoms with Crippen molar-refractivity contribution in [3.8, 4) is 0 Å². The van der Waals surface area contributed by atoms with E-state index in [-0.39, 0.29) is 62.2 Å². The third kappa shape index (κ3) is 13.0. The molecule has 14 nitrogen and oxygen atoms in total. The van der Waals surface area contributed by atoms with Crippen molar-refractivity contribution < 1.29 is 62.9 Å². The molecule has 382 valence electrons. The van der Waals surface area contributed by atoms with Crippen LogP contribution < -0.4 is 0 Å². The summed E-state index contributed by atoms with van der Waals surface area (Å²) in [5.74, 6) is -7.65. The summed E-state index contributed by atoms with van der Waals surface area (Å²) in [4.78, 5) is 58.6. The molecule has 69 heavy (non-hydrogen) atoms. The number of allylic oxidation sites excluding steroid dienone is 3. The number of benzene rings is 2. The lowest BCUT2D eigenvalue weighted by atomic mass is 9.81. The number of piperidine rings is 1. The molecule has 14 heteroatoms. The van der Waals surface area contributed by atoms with E-state index in [1.807, 2.05) is 75.4 Å². The van der Waals surface area contributed by atoms with Gasteiger partial charge in [-0.1, -0.05) is 81.8 Å². The average Bonchev–Trinajstić information content (AvgIpc) is 3.35. The molecule has 0 spiro atoms. The van der Waals surface area contributed by atoms with Gasteiger partial charge in [-0.3, -0.25) is 14.4 Å². The number of aliphatic hydroxyl groups excluding tert-OH is 2. The van der Waals surface area contributed by atoms with E-state index in [9.17, 15) is 34.5 Å². The standard InChI is InChI=1S/C55H79NO13/c1-10-38-24-32(2)23-33(3)25-48(65-8)51-49(66-9)27-35(5)55(63,69-51)52(60)53(61)56-22-14-13-17-42(56)54(62)68-50(36(6)43(57)30-44(38)58)34(4)26-37-18-21-46(47(28-37)64-7)67-31-45(59)41-20-19-39-15-11-12-16-40(39)29-41/h11-12,15-16,19-20,24,26,29,33,35-38,42-43,45-51,57,59,63H,10,13-14,17-18,21-23,25,27-28,30-31H2,1-9H3/b32-24+,34-26+/t33-,35+,36+,37-,38+,42-,43-,45-,46+,47+,48?,49-,50+,51+,55+/m0/s1. The molecule has 2 aromatic carbocycles. The van der Waals surface area contributed by atoms with Crippen molar-refractivity contribution >= 4 is 34.2 Å². The quantitative estimate of drug-likeness (QED) is 0.122. The maximum Gasteiger partial charge on any atom is 0.329 e. The highest BCUT2D eigenvalue weighted by Crippen LogP contribution is 2.40. The summed E-state index contributed by atoms with van der Waals surface area (Å²) in [7, 11) is 4.71. The SMILES string of the molecule is CC[C@@H]1/C=C(\C)C[C@H](C)CC(OC)[C@H]2O[C@@](O)(C(=O)C(=O)N3CCCC[C@H]3C(=O)O[C@H](/C(C)=C/[C@@H]3CC[C@@H](OC[C@H](O)c4ccc5ccccc5c4)[C@H](OC)C3)[C@H](C)[C@@H](O)CC1=O)[C@H](C)C[C@@H]2OC. The Bertz CT molecular complexity index is 2140. The van der Waals surface area contributed by atoms with Gasteiger partial charge in [0.2, 0.25) is 5.79 Å². The summed E-state index contributed by atoms with van der Waals surface area (Å²) in [6, 6.07) is 12.7. The fraction of sp³-hybridized carbons (Fsp3) is 0.673. The molecule has 1 saturated carbocycles. The fourth-order valence-electron chi connectivity index (χ4n) is 11.3. The Labute approximate surface area is 409 Å². The molecular weight excluding hydrogens is 883 g/mol. The number of ketones is 2. The number of esters is 1. The molecule has 3 N–H and O–H groups in total. The number of aliphatic hydroxyl groups is 3. The molecular formula is C55H79NO13. The normalized spacial score (nSPS) is 36.5. The lowest BCUT2D eigenvalue weighted by molar-refractivity contribution is -0.302. The number of amides is 1. The summed E-state index contributed by atoms with van der Waals surface area (Å²) in [6.07, 6.45) is 3.26. The van der Waals surface area contributed by atoms with Gasteiger partial charge in [-0.25, -0.2) is 4.79 Å². The monoisotopic (exact) mass is 962 g/mol. The van der Waals surface area contributed by atoms with E-state index >= 15 is 0 Å². The van der Waals surface area contributed by atoms with Gasteiger partial charge < -0.3 is 48.6 Å². The number of hydrogen-bond acceptors (Lipinski definition) is 13. The second kappa shape index (κ2) is 24.5. The van der Waals surface area contributed by atoms with Crippen LogP contribution in [0.4, 0.5) is 0 Å². The number of Topliss-reactive ketones (excluding diaryl/α,β-unsaturated/α-hetero) is 2. The van der Waals surface area contributed by atoms with Gasteiger partial charge in [0.05, 0.1) is 37.1 Å². The summed E-state index contributed by atoms with van der Waals surface area (Å²) in [6.45, 7) is 11.4. The minimum atomic E-state index is -2.52. The van der Waals surface area contributed by atoms with Gasteiger partial charge in [-0.05, 0) is 118 Å². The Morgan fingerprint density at radius 1 is 0.884 bits per heavy atom. The first-order valence-electron chi connectivity index (χ1n) is 25.3. The van der Waals surface area contributed by atoms with Crippen LogP contribution in [0.15, 0.2) is 65.8 Å². The van der Waals surface area contributed by atoms with E-state index < -0.39 is 83.9 Å².